The van der Waals surface area contributed by atoms with E-state index in [4.69, 9.17) is 17.3 Å². The summed E-state index contributed by atoms with van der Waals surface area (Å²) >= 11 is 0. The summed E-state index contributed by atoms with van der Waals surface area (Å²) in [5, 5.41) is 14.2. The number of halogens is 1. The molecule has 5 atom stereocenters. The number of hydrazine groups is 1. The number of nitrogens with one attached hydrogen (secondary N) is 7. The van der Waals surface area contributed by atoms with E-state index in [0.717, 1.165) is 22.0 Å². The normalized spacial score (nSPS) is 15.9. The highest BCUT2D eigenvalue weighted by atomic mass is 19.1. The Hall–Kier alpha value is -5.59. The molecule has 4 amide bonds. The van der Waals surface area contributed by atoms with Gasteiger partial charge < -0.3 is 37.7 Å². The number of aromatic amines is 1. The summed E-state index contributed by atoms with van der Waals surface area (Å²) in [5.41, 5.74) is 16.0. The topological polar surface area (TPSA) is 268 Å². The number of carbonyl (C=O) groups excluding carboxylic acids is 6. The van der Waals surface area contributed by atoms with E-state index >= 15 is 0 Å². The molecule has 1 heterocycles. The molecular weight excluding hydrogens is 736 g/mol. The molecule has 17 heteroatoms. The fraction of sp³-hybridized carbons (Fsp3) is 0.400. The van der Waals surface area contributed by atoms with Gasteiger partial charge in [0, 0.05) is 23.5 Å². The second kappa shape index (κ2) is 22.2. The molecule has 1 unspecified atom stereocenters. The van der Waals surface area contributed by atoms with Crippen LogP contribution in [0, 0.1) is 5.92 Å². The van der Waals surface area contributed by atoms with Gasteiger partial charge in [-0.15, -0.1) is 0 Å². The molecule has 1 aromatic heterocycles. The van der Waals surface area contributed by atoms with Crippen LogP contribution in [0.1, 0.15) is 50.2 Å². The van der Waals surface area contributed by atoms with Crippen molar-refractivity contribution in [2.24, 2.45) is 23.2 Å². The summed E-state index contributed by atoms with van der Waals surface area (Å²) in [6.45, 7) is 1.55. The van der Waals surface area contributed by atoms with E-state index in [1.54, 1.807) is 37.4 Å². The van der Waals surface area contributed by atoms with E-state index in [2.05, 4.69) is 37.0 Å². The minimum absolute atomic E-state index is 0.0413. The highest BCUT2D eigenvalue weighted by molar-refractivity contribution is 6.41. The van der Waals surface area contributed by atoms with Gasteiger partial charge in [0.15, 0.2) is 0 Å². The fourth-order valence-corrected chi connectivity index (χ4v) is 6.43. The lowest BCUT2D eigenvalue weighted by Crippen LogP contribution is -2.56. The van der Waals surface area contributed by atoms with Crippen LogP contribution in [0.5, 0.6) is 0 Å². The molecule has 0 saturated carbocycles. The number of amides is 4. The molecule has 0 saturated heterocycles. The first-order valence-corrected chi connectivity index (χ1v) is 19.0. The first-order chi connectivity index (χ1) is 27.4. The minimum Gasteiger partial charge on any atom is -0.361 e. The Bertz CT molecular complexity index is 1920. The van der Waals surface area contributed by atoms with Crippen molar-refractivity contribution in [3.63, 3.8) is 0 Å². The quantitative estimate of drug-likeness (QED) is 0.0205. The zero-order chi connectivity index (χ0) is 41.3. The third-order valence-electron chi connectivity index (χ3n) is 9.50. The fourth-order valence-electron chi connectivity index (χ4n) is 6.43. The molecule has 3 aromatic rings. The molecule has 16 nitrogen and oxygen atoms in total. The molecule has 306 valence electrons. The Labute approximate surface area is 330 Å². The number of rotatable bonds is 23. The van der Waals surface area contributed by atoms with E-state index in [-0.39, 0.29) is 38.6 Å². The van der Waals surface area contributed by atoms with Gasteiger partial charge in [0.25, 0.3) is 0 Å². The van der Waals surface area contributed by atoms with Crippen LogP contribution < -0.4 is 49.3 Å². The Balaban J connectivity index is 1.40. The average molecular weight is 789 g/mol. The summed E-state index contributed by atoms with van der Waals surface area (Å²) in [7, 11) is 0. The zero-order valence-electron chi connectivity index (χ0n) is 31.9. The molecule has 0 spiro atoms. The van der Waals surface area contributed by atoms with E-state index < -0.39 is 83.9 Å². The lowest BCUT2D eigenvalue weighted by Gasteiger charge is -2.24. The molecule has 57 heavy (non-hydrogen) atoms. The first-order valence-electron chi connectivity index (χ1n) is 19.0. The number of hydrogen-bond acceptors (Lipinski definition) is 11. The van der Waals surface area contributed by atoms with Gasteiger partial charge in [0.2, 0.25) is 35.2 Å². The number of nitrogens with two attached hydrogens (primary N) is 3. The lowest BCUT2D eigenvalue weighted by atomic mass is 9.94. The Kier molecular flexibility index (Phi) is 17.2. The number of hydrogen-bond donors (Lipinski definition) is 10. The third kappa shape index (κ3) is 13.5. The highest BCUT2D eigenvalue weighted by Crippen LogP contribution is 2.20. The number of Topliss-reactive ketones (excluding diaryl/α,β-unsaturated/α-hetero) is 2. The van der Waals surface area contributed by atoms with Gasteiger partial charge in [0.05, 0.1) is 24.5 Å². The molecule has 13 N–H and O–H groups in total. The number of benzene rings is 2. The molecule has 2 aromatic carbocycles. The van der Waals surface area contributed by atoms with Crippen LogP contribution >= 0.6 is 0 Å². The van der Waals surface area contributed by atoms with Crippen molar-refractivity contribution < 1.29 is 33.2 Å². The second-order valence-corrected chi connectivity index (χ2v) is 13.9. The smallest absolute Gasteiger partial charge is 0.243 e. The Morgan fingerprint density at radius 2 is 1.56 bits per heavy atom. The summed E-state index contributed by atoms with van der Waals surface area (Å²) < 4.78 is 13.5. The van der Waals surface area contributed by atoms with Gasteiger partial charge in [-0.3, -0.25) is 39.9 Å². The molecule has 0 radical (unpaired) electrons. The number of H-pyrrole nitrogens is 1. The third-order valence-corrected chi connectivity index (χ3v) is 9.50. The SMILES string of the molecule is CCC[C@H](NC(=O)CNC(=O)[C@H](Cc1ccccc1)NC(=O)C1C=CC(F)=CC1)C(=O)N[C@@H](CCCNC(N)N)C(=O)C(=O)[C@H](Cc1c[nH]c2ccccc12)NN. The molecule has 1 aliphatic rings. The molecular formula is C40H53FN10O6. The first kappa shape index (κ1) is 44.1. The van der Waals surface area contributed by atoms with Crippen LogP contribution in [-0.4, -0.2) is 83.7 Å². The molecule has 0 aliphatic heterocycles. The number of fused-ring (bicyclic) bond motifs is 1. The molecule has 1 aliphatic carbocycles. The highest BCUT2D eigenvalue weighted by Gasteiger charge is 2.34. The molecule has 4 rings (SSSR count). The monoisotopic (exact) mass is 788 g/mol. The maximum atomic E-state index is 13.7. The molecule has 0 fully saturated rings. The number of carbonyl (C=O) groups is 6. The van der Waals surface area contributed by atoms with Crippen molar-refractivity contribution in [2.45, 2.75) is 82.3 Å². The Morgan fingerprint density at radius 3 is 2.25 bits per heavy atom. The van der Waals surface area contributed by atoms with E-state index in [9.17, 15) is 33.2 Å². The van der Waals surface area contributed by atoms with Gasteiger partial charge >= 0.3 is 0 Å². The number of para-hydroxylation sites is 1. The summed E-state index contributed by atoms with van der Waals surface area (Å²) in [6.07, 6.45) is 6.16. The number of aromatic nitrogens is 1. The summed E-state index contributed by atoms with van der Waals surface area (Å²) in [6, 6.07) is 11.9. The van der Waals surface area contributed by atoms with Crippen LogP contribution in [0.2, 0.25) is 0 Å². The maximum absolute atomic E-state index is 13.7. The Morgan fingerprint density at radius 1 is 0.842 bits per heavy atom. The second-order valence-electron chi connectivity index (χ2n) is 13.9. The zero-order valence-corrected chi connectivity index (χ0v) is 31.9. The minimum atomic E-state index is -1.27. The van der Waals surface area contributed by atoms with Crippen molar-refractivity contribution in [1.82, 2.24) is 37.0 Å². The van der Waals surface area contributed by atoms with E-state index in [1.165, 1.54) is 18.2 Å². The maximum Gasteiger partial charge on any atom is 0.243 e. The molecule has 0 bridgehead atoms. The van der Waals surface area contributed by atoms with Crippen LogP contribution in [0.4, 0.5) is 4.39 Å². The van der Waals surface area contributed by atoms with Crippen molar-refractivity contribution in [3.05, 3.63) is 96.0 Å². The van der Waals surface area contributed by atoms with Gasteiger partial charge in [-0.1, -0.05) is 68.0 Å². The number of allylic oxidation sites excluding steroid dienone is 3. The van der Waals surface area contributed by atoms with Crippen LogP contribution in [0.25, 0.3) is 10.9 Å². The summed E-state index contributed by atoms with van der Waals surface area (Å²) in [5.74, 6) is 0.381. The van der Waals surface area contributed by atoms with E-state index in [1.807, 2.05) is 30.3 Å². The van der Waals surface area contributed by atoms with E-state index in [0.29, 0.717) is 12.8 Å². The van der Waals surface area contributed by atoms with Crippen LogP contribution in [0.3, 0.4) is 0 Å². The van der Waals surface area contributed by atoms with Crippen molar-refractivity contribution >= 4 is 46.1 Å². The predicted molar refractivity (Wildman–Crippen MR) is 213 cm³/mol. The van der Waals surface area contributed by atoms with Crippen molar-refractivity contribution in [3.8, 4) is 0 Å². The van der Waals surface area contributed by atoms with Gasteiger partial charge in [-0.05, 0) is 68.0 Å². The van der Waals surface area contributed by atoms with Gasteiger partial charge in [-0.25, -0.2) is 9.82 Å². The lowest BCUT2D eigenvalue weighted by molar-refractivity contribution is -0.140. The van der Waals surface area contributed by atoms with Gasteiger partial charge in [-0.2, -0.15) is 0 Å². The predicted octanol–water partition coefficient (Wildman–Crippen LogP) is 0.294. The largest absolute Gasteiger partial charge is 0.361 e. The summed E-state index contributed by atoms with van der Waals surface area (Å²) in [4.78, 5) is 83.7. The van der Waals surface area contributed by atoms with Crippen LogP contribution in [0.15, 0.2) is 84.8 Å². The van der Waals surface area contributed by atoms with Crippen molar-refractivity contribution in [2.75, 3.05) is 13.1 Å². The van der Waals surface area contributed by atoms with Gasteiger partial charge in [0.1, 0.15) is 24.2 Å². The van der Waals surface area contributed by atoms with Crippen molar-refractivity contribution in [1.29, 1.82) is 0 Å². The number of ketones is 2. The van der Waals surface area contributed by atoms with Crippen LogP contribution in [-0.2, 0) is 41.6 Å². The average Bonchev–Trinajstić information content (AvgIpc) is 3.62. The standard InChI is InChI=1S/C40H53FN10O6/c1-2-9-31(48-34(52)23-47-38(56)33(20-24-10-4-3-5-11-24)50-37(55)25-15-17-27(41)18-16-25)39(57)49-30(14-8-19-45-40(42)43)35(53)36(54)32(51-44)21-26-22-46-29-13-7-6-12-28(26)29/h3-7,10-13,15,17-18,22,25,30-33,40,45-46,51H,2,8-9,14,16,19-21,23,42-44H2,1H3,(H,47,56)(H,48,52)(H,49,57)(H,50,55)/t25?,30-,31-,32-,33-/m0/s1.